The highest BCUT2D eigenvalue weighted by atomic mass is 35.5. The number of hydrogen-bond donors (Lipinski definition) is 2. The smallest absolute Gasteiger partial charge is 0.410 e. The zero-order valence-corrected chi connectivity index (χ0v) is 23.9. The van der Waals surface area contributed by atoms with Gasteiger partial charge >= 0.3 is 6.09 Å². The van der Waals surface area contributed by atoms with Crippen molar-refractivity contribution in [1.82, 2.24) is 25.2 Å². The molecule has 2 fully saturated rings. The summed E-state index contributed by atoms with van der Waals surface area (Å²) in [7, 11) is 0. The Balaban J connectivity index is 1.08. The molecule has 2 atom stereocenters. The van der Waals surface area contributed by atoms with E-state index in [1.165, 1.54) is 24.1 Å². The molecule has 4 aromatic rings. The number of rotatable bonds is 6. The number of carbonyl (C=O) groups excluding carboxylic acids is 1. The highest BCUT2D eigenvalue weighted by Gasteiger charge is 2.28. The first-order chi connectivity index (χ1) is 20.1. The van der Waals surface area contributed by atoms with Gasteiger partial charge in [0.05, 0.1) is 31.9 Å². The van der Waals surface area contributed by atoms with Gasteiger partial charge in [-0.15, -0.1) is 11.3 Å². The molecule has 0 spiro atoms. The SMILES string of the molecule is O=C(O[C@H]1CN[C@H](C#Cc2cc3ncnc(Nc4ccc(OCc5ccccn5)c(Cl)c4)c3s2)C1)N1CCCCC1. The number of halogens is 1. The summed E-state index contributed by atoms with van der Waals surface area (Å²) in [5.74, 6) is 7.81. The Morgan fingerprint density at radius 2 is 2.05 bits per heavy atom. The molecule has 210 valence electrons. The van der Waals surface area contributed by atoms with Crippen LogP contribution in [0.5, 0.6) is 5.75 Å². The second-order valence-electron chi connectivity index (χ2n) is 9.95. The maximum absolute atomic E-state index is 12.4. The summed E-state index contributed by atoms with van der Waals surface area (Å²) in [6.45, 7) is 2.51. The molecule has 2 saturated heterocycles. The summed E-state index contributed by atoms with van der Waals surface area (Å²) in [4.78, 5) is 28.3. The minimum atomic E-state index is -0.207. The minimum Gasteiger partial charge on any atom is -0.486 e. The van der Waals surface area contributed by atoms with Crippen molar-refractivity contribution in [2.24, 2.45) is 0 Å². The number of anilines is 2. The van der Waals surface area contributed by atoms with Crippen molar-refractivity contribution in [2.75, 3.05) is 25.0 Å². The van der Waals surface area contributed by atoms with E-state index in [1.807, 2.05) is 41.3 Å². The number of fused-ring (bicyclic) bond motifs is 1. The van der Waals surface area contributed by atoms with Gasteiger partial charge in [-0.2, -0.15) is 0 Å². The third kappa shape index (κ3) is 6.88. The van der Waals surface area contributed by atoms with E-state index in [-0.39, 0.29) is 18.2 Å². The van der Waals surface area contributed by atoms with Crippen LogP contribution in [0.15, 0.2) is 55.0 Å². The molecule has 2 aliphatic heterocycles. The molecule has 0 radical (unpaired) electrons. The number of likely N-dealkylation sites (tertiary alicyclic amines) is 1. The van der Waals surface area contributed by atoms with E-state index in [0.29, 0.717) is 36.2 Å². The van der Waals surface area contributed by atoms with E-state index in [9.17, 15) is 4.79 Å². The van der Waals surface area contributed by atoms with E-state index < -0.39 is 0 Å². The number of amides is 1. The van der Waals surface area contributed by atoms with Crippen molar-refractivity contribution < 1.29 is 14.3 Å². The highest BCUT2D eigenvalue weighted by molar-refractivity contribution is 7.20. The van der Waals surface area contributed by atoms with Crippen LogP contribution < -0.4 is 15.4 Å². The zero-order valence-electron chi connectivity index (χ0n) is 22.3. The van der Waals surface area contributed by atoms with Gasteiger partial charge in [0.1, 0.15) is 24.8 Å². The molecule has 9 nitrogen and oxygen atoms in total. The Labute approximate surface area is 247 Å². The number of benzene rings is 1. The van der Waals surface area contributed by atoms with Crippen molar-refractivity contribution in [3.63, 3.8) is 0 Å². The van der Waals surface area contributed by atoms with Crippen molar-refractivity contribution in [1.29, 1.82) is 0 Å². The Bertz CT molecular complexity index is 1580. The fourth-order valence-electron chi connectivity index (χ4n) is 4.83. The molecule has 11 heteroatoms. The summed E-state index contributed by atoms with van der Waals surface area (Å²) in [6.07, 6.45) is 6.84. The molecule has 0 bridgehead atoms. The Kier molecular flexibility index (Phi) is 8.46. The lowest BCUT2D eigenvalue weighted by atomic mass is 10.1. The van der Waals surface area contributed by atoms with Gasteiger partial charge < -0.3 is 19.7 Å². The molecule has 1 aromatic carbocycles. The molecule has 41 heavy (non-hydrogen) atoms. The summed E-state index contributed by atoms with van der Waals surface area (Å²) in [5, 5.41) is 7.19. The second kappa shape index (κ2) is 12.7. The lowest BCUT2D eigenvalue weighted by Gasteiger charge is -2.27. The third-order valence-electron chi connectivity index (χ3n) is 6.95. The van der Waals surface area contributed by atoms with Crippen LogP contribution in [0.4, 0.5) is 16.3 Å². The van der Waals surface area contributed by atoms with Crippen molar-refractivity contribution in [3.05, 3.63) is 70.6 Å². The Morgan fingerprint density at radius 3 is 2.88 bits per heavy atom. The average molecular weight is 589 g/mol. The lowest BCUT2D eigenvalue weighted by Crippen LogP contribution is -2.38. The fraction of sp³-hybridized carbons (Fsp3) is 0.333. The average Bonchev–Trinajstić information content (AvgIpc) is 3.64. The molecule has 3 aromatic heterocycles. The molecule has 6 rings (SSSR count). The van der Waals surface area contributed by atoms with Gasteiger partial charge in [-0.25, -0.2) is 14.8 Å². The molecule has 2 aliphatic rings. The summed E-state index contributed by atoms with van der Waals surface area (Å²) in [6, 6.07) is 13.1. The normalized spacial score (nSPS) is 18.5. The second-order valence-corrected chi connectivity index (χ2v) is 11.4. The minimum absolute atomic E-state index is 0.0383. The maximum atomic E-state index is 12.4. The number of carbonyl (C=O) groups is 1. The van der Waals surface area contributed by atoms with Crippen LogP contribution in [-0.2, 0) is 11.3 Å². The van der Waals surface area contributed by atoms with Gasteiger partial charge in [0.25, 0.3) is 0 Å². The number of piperidine rings is 1. The Hall–Kier alpha value is -3.91. The predicted molar refractivity (Wildman–Crippen MR) is 160 cm³/mol. The monoisotopic (exact) mass is 588 g/mol. The van der Waals surface area contributed by atoms with E-state index in [2.05, 4.69) is 37.4 Å². The number of nitrogens with zero attached hydrogens (tertiary/aromatic N) is 4. The van der Waals surface area contributed by atoms with Crippen molar-refractivity contribution in [2.45, 2.75) is 44.4 Å². The van der Waals surface area contributed by atoms with Gasteiger partial charge in [0, 0.05) is 37.9 Å². The molecule has 0 aliphatic carbocycles. The zero-order chi connectivity index (χ0) is 28.0. The molecule has 0 saturated carbocycles. The maximum Gasteiger partial charge on any atom is 0.410 e. The molecule has 0 unspecified atom stereocenters. The van der Waals surface area contributed by atoms with Gasteiger partial charge in [0.2, 0.25) is 0 Å². The van der Waals surface area contributed by atoms with Gasteiger partial charge in [-0.05, 0) is 55.7 Å². The van der Waals surface area contributed by atoms with Gasteiger partial charge in [0.15, 0.2) is 5.82 Å². The summed E-state index contributed by atoms with van der Waals surface area (Å²) in [5.41, 5.74) is 2.41. The quantitative estimate of drug-likeness (QED) is 0.274. The van der Waals surface area contributed by atoms with Crippen LogP contribution in [0, 0.1) is 11.8 Å². The van der Waals surface area contributed by atoms with E-state index in [0.717, 1.165) is 52.4 Å². The molecular formula is C30H29ClN6O3S. The first-order valence-corrected chi connectivity index (χ1v) is 14.8. The van der Waals surface area contributed by atoms with E-state index >= 15 is 0 Å². The van der Waals surface area contributed by atoms with Crippen LogP contribution in [-0.4, -0.2) is 57.7 Å². The van der Waals surface area contributed by atoms with Gasteiger partial charge in [-0.1, -0.05) is 29.5 Å². The molecule has 2 N–H and O–H groups in total. The fourth-order valence-corrected chi connectivity index (χ4v) is 5.98. The number of pyridine rings is 1. The number of thiophene rings is 1. The number of hydrogen-bond acceptors (Lipinski definition) is 9. The van der Waals surface area contributed by atoms with Crippen LogP contribution in [0.25, 0.3) is 10.2 Å². The Morgan fingerprint density at radius 1 is 1.15 bits per heavy atom. The first-order valence-electron chi connectivity index (χ1n) is 13.6. The number of nitrogens with one attached hydrogen (secondary N) is 2. The highest BCUT2D eigenvalue weighted by Crippen LogP contribution is 2.33. The van der Waals surface area contributed by atoms with Crippen LogP contribution in [0.1, 0.15) is 36.3 Å². The molecule has 5 heterocycles. The van der Waals surface area contributed by atoms with Gasteiger partial charge in [-0.3, -0.25) is 10.3 Å². The van der Waals surface area contributed by atoms with Crippen LogP contribution >= 0.6 is 22.9 Å². The molecular weight excluding hydrogens is 560 g/mol. The van der Waals surface area contributed by atoms with Crippen LogP contribution in [0.2, 0.25) is 5.02 Å². The number of ether oxygens (including phenoxy) is 2. The third-order valence-corrected chi connectivity index (χ3v) is 8.29. The van der Waals surface area contributed by atoms with Crippen molar-refractivity contribution in [3.8, 4) is 17.6 Å². The van der Waals surface area contributed by atoms with E-state index in [1.54, 1.807) is 12.3 Å². The lowest BCUT2D eigenvalue weighted by molar-refractivity contribution is 0.0646. The summed E-state index contributed by atoms with van der Waals surface area (Å²) >= 11 is 8.02. The number of aromatic nitrogens is 3. The first kappa shape index (κ1) is 27.3. The molecule has 1 amide bonds. The van der Waals surface area contributed by atoms with Crippen molar-refractivity contribution >= 4 is 50.8 Å². The van der Waals surface area contributed by atoms with E-state index in [4.69, 9.17) is 21.1 Å². The standard InChI is InChI=1S/C30H29ClN6O3S/c31-25-15-21(8-10-27(25)39-18-22-6-2-3-11-32-22)36-29-28-26(34-19-35-29)16-24(41-28)9-7-20-14-23(17-33-20)40-30(38)37-12-4-1-5-13-37/h2-3,6,8,10-11,15-16,19-20,23,33H,1,4-5,12-14,17-18H2,(H,34,35,36)/t20-,23-/m1/s1. The summed E-state index contributed by atoms with van der Waals surface area (Å²) < 4.78 is 12.4. The van der Waals surface area contributed by atoms with Crippen LogP contribution in [0.3, 0.4) is 0 Å². The predicted octanol–water partition coefficient (Wildman–Crippen LogP) is 5.77. The largest absolute Gasteiger partial charge is 0.486 e. The topological polar surface area (TPSA) is 102 Å².